The summed E-state index contributed by atoms with van der Waals surface area (Å²) in [5, 5.41) is 4.10. The van der Waals surface area contributed by atoms with E-state index in [1.807, 2.05) is 18.0 Å². The summed E-state index contributed by atoms with van der Waals surface area (Å²) in [6.45, 7) is 2.30. The molecule has 13 unspecified atom stereocenters. The lowest BCUT2D eigenvalue weighted by Crippen LogP contribution is -2.48. The number of fused-ring (bicyclic) bond motifs is 9. The second-order valence-electron chi connectivity index (χ2n) is 25.6. The van der Waals surface area contributed by atoms with Crippen molar-refractivity contribution in [1.29, 1.82) is 0 Å². The molecular formula is C71H75N5. The van der Waals surface area contributed by atoms with Crippen LogP contribution in [0.15, 0.2) is 176 Å². The predicted octanol–water partition coefficient (Wildman–Crippen LogP) is 16.4. The first-order chi connectivity index (χ1) is 37.6. The molecule has 5 heteroatoms. The molecule has 5 heterocycles. The number of aryl methyl sites for hydroxylation is 1. The van der Waals surface area contributed by atoms with Gasteiger partial charge in [-0.1, -0.05) is 120 Å². The minimum absolute atomic E-state index is 0.300. The summed E-state index contributed by atoms with van der Waals surface area (Å²) in [5.74, 6) is 6.37. The highest BCUT2D eigenvalue weighted by atomic mass is 15.3. The molecule has 5 nitrogen and oxygen atoms in total. The van der Waals surface area contributed by atoms with Gasteiger partial charge in [-0.25, -0.2) is 0 Å². The first-order valence-corrected chi connectivity index (χ1v) is 30.2. The van der Waals surface area contributed by atoms with Crippen LogP contribution < -0.4 is 0 Å². The molecule has 384 valence electrons. The van der Waals surface area contributed by atoms with Crippen molar-refractivity contribution in [2.24, 2.45) is 52.8 Å². The van der Waals surface area contributed by atoms with E-state index < -0.39 is 0 Å². The van der Waals surface area contributed by atoms with Gasteiger partial charge in [0.2, 0.25) is 0 Å². The Bertz CT molecular complexity index is 3490. The molecule has 1 saturated heterocycles. The second kappa shape index (κ2) is 18.3. The van der Waals surface area contributed by atoms with Crippen LogP contribution in [0.2, 0.25) is 0 Å². The van der Waals surface area contributed by atoms with E-state index >= 15 is 0 Å². The lowest BCUT2D eigenvalue weighted by Gasteiger charge is -2.52. The molecule has 14 atom stereocenters. The van der Waals surface area contributed by atoms with Gasteiger partial charge < -0.3 is 9.13 Å². The Hall–Kier alpha value is -6.04. The Balaban J connectivity index is 0.652. The first kappa shape index (κ1) is 46.1. The highest BCUT2D eigenvalue weighted by Crippen LogP contribution is 2.73. The van der Waals surface area contributed by atoms with Gasteiger partial charge in [0, 0.05) is 98.7 Å². The molecule has 17 rings (SSSR count). The van der Waals surface area contributed by atoms with Crippen LogP contribution in [0.25, 0.3) is 38.4 Å². The molecule has 0 amide bonds. The maximum absolute atomic E-state index is 4.78. The summed E-state index contributed by atoms with van der Waals surface area (Å²) in [5.41, 5.74) is 15.2. The normalized spacial score (nSPS) is 35.0. The minimum Gasteiger partial charge on any atom is -0.333 e. The number of para-hydroxylation sites is 2. The summed E-state index contributed by atoms with van der Waals surface area (Å²) in [7, 11) is 0. The molecule has 0 N–H and O–H groups in total. The first-order valence-electron chi connectivity index (χ1n) is 30.2. The number of hydrogen-bond donors (Lipinski definition) is 0. The van der Waals surface area contributed by atoms with Gasteiger partial charge in [0.1, 0.15) is 0 Å². The summed E-state index contributed by atoms with van der Waals surface area (Å²) in [6, 6.07) is 24.6. The van der Waals surface area contributed by atoms with Gasteiger partial charge in [-0.2, -0.15) is 0 Å². The van der Waals surface area contributed by atoms with Gasteiger partial charge >= 0.3 is 0 Å². The monoisotopic (exact) mass is 998 g/mol. The van der Waals surface area contributed by atoms with Gasteiger partial charge in [-0.3, -0.25) is 14.9 Å². The quantitative estimate of drug-likeness (QED) is 0.128. The third-order valence-corrected chi connectivity index (χ3v) is 22.4. The van der Waals surface area contributed by atoms with E-state index in [1.165, 1.54) is 127 Å². The highest BCUT2D eigenvalue weighted by Gasteiger charge is 2.65. The molecule has 4 saturated carbocycles. The zero-order valence-electron chi connectivity index (χ0n) is 44.6. The highest BCUT2D eigenvalue weighted by molar-refractivity contribution is 6.08. The second-order valence-corrected chi connectivity index (χ2v) is 25.6. The van der Waals surface area contributed by atoms with Crippen LogP contribution in [0.5, 0.6) is 0 Å². The number of aromatic nitrogens is 4. The van der Waals surface area contributed by atoms with E-state index in [1.54, 1.807) is 16.8 Å². The van der Waals surface area contributed by atoms with Crippen LogP contribution in [0, 0.1) is 59.7 Å². The summed E-state index contributed by atoms with van der Waals surface area (Å²) < 4.78 is 5.36. The molecular weight excluding hydrogens is 923 g/mol. The number of hydrogen-bond acceptors (Lipinski definition) is 3. The van der Waals surface area contributed by atoms with Crippen molar-refractivity contribution < 1.29 is 0 Å². The molecule has 0 radical (unpaired) electrons. The van der Waals surface area contributed by atoms with Crippen molar-refractivity contribution >= 4 is 38.4 Å². The molecule has 10 aliphatic carbocycles. The fourth-order valence-corrected chi connectivity index (χ4v) is 19.6. The van der Waals surface area contributed by atoms with Gasteiger partial charge in [0.05, 0.1) is 11.6 Å². The molecule has 6 aromatic rings. The van der Waals surface area contributed by atoms with Crippen molar-refractivity contribution in [3.05, 3.63) is 198 Å². The molecule has 4 bridgehead atoms. The lowest BCUT2D eigenvalue weighted by atomic mass is 9.52. The number of rotatable bonds is 10. The number of likely N-dealkylation sites (tertiary alicyclic amines) is 1. The molecule has 5 fully saturated rings. The van der Waals surface area contributed by atoms with Crippen molar-refractivity contribution in [2.75, 3.05) is 0 Å². The zero-order valence-corrected chi connectivity index (χ0v) is 44.6. The van der Waals surface area contributed by atoms with Crippen LogP contribution in [-0.2, 0) is 12.8 Å². The minimum atomic E-state index is 0.300. The average Bonchev–Trinajstić information content (AvgIpc) is 4.39. The van der Waals surface area contributed by atoms with Crippen LogP contribution in [0.1, 0.15) is 124 Å². The fourth-order valence-electron chi connectivity index (χ4n) is 19.6. The SMILES string of the molecule is Cc1ccncc1C1C[C@H](n2c3ccccc3c3ccccc32)C=CC1CCCC1=CCC(C2(C3=CC=C(n4c5c(c6cnccc64)CC(N4C6C=CC=CC6C6C=CCCC64)CC5)CC3)C3CC4CC(C3)C2C4)C=C1. The van der Waals surface area contributed by atoms with Gasteiger partial charge in [0.25, 0.3) is 0 Å². The Morgan fingerprint density at radius 1 is 0.724 bits per heavy atom. The van der Waals surface area contributed by atoms with E-state index in [2.05, 4.69) is 173 Å². The summed E-state index contributed by atoms with van der Waals surface area (Å²) >= 11 is 0. The van der Waals surface area contributed by atoms with E-state index in [9.17, 15) is 0 Å². The van der Waals surface area contributed by atoms with E-state index in [0.717, 1.165) is 49.4 Å². The summed E-state index contributed by atoms with van der Waals surface area (Å²) in [4.78, 5) is 12.5. The van der Waals surface area contributed by atoms with Crippen molar-refractivity contribution in [2.45, 2.75) is 140 Å². The lowest BCUT2D eigenvalue weighted by molar-refractivity contribution is 0.0587. The molecule has 0 spiro atoms. The Labute approximate surface area is 450 Å². The van der Waals surface area contributed by atoms with Crippen molar-refractivity contribution in [3.8, 4) is 0 Å². The van der Waals surface area contributed by atoms with E-state index in [-0.39, 0.29) is 0 Å². The van der Waals surface area contributed by atoms with Gasteiger partial charge in [-0.15, -0.1) is 0 Å². The van der Waals surface area contributed by atoms with Gasteiger partial charge in [-0.05, 0) is 198 Å². The third-order valence-electron chi connectivity index (χ3n) is 22.4. The number of allylic oxidation sites excluding steroid dienone is 13. The van der Waals surface area contributed by atoms with Crippen molar-refractivity contribution in [1.82, 2.24) is 24.0 Å². The van der Waals surface area contributed by atoms with Crippen LogP contribution >= 0.6 is 0 Å². The van der Waals surface area contributed by atoms with Crippen LogP contribution in [0.3, 0.4) is 0 Å². The average molecular weight is 998 g/mol. The predicted molar refractivity (Wildman–Crippen MR) is 312 cm³/mol. The standard InChI is InChI=1S/C71H75N5/c1-45-33-35-72-43-62(45)60-41-54(75-65-17-6-2-13-56(65)57-14-3-7-18-66(57)75)28-23-48(60)12-10-11-46-21-24-50(25-22-46)71(52-38-47-37-49(40-52)64(71)39-47)51-26-29-53(30-27-51)74-69-32-31-55(42-61(69)63-44-73-36-34-70(63)74)76-67-19-8-4-15-58(67)59-16-5-9-20-68(59)76/h2-8,13-19,21-24,26,28-29,33-36,43-44,47-50,52,54-55,58-60,64,67-68H,9-12,20,25,27,30-32,37-42H2,1H3/t47?,48?,49?,50?,52?,54-,55?,58?,59?,60?,64?,67?,68?,71?/m1/s1. The third kappa shape index (κ3) is 7.05. The van der Waals surface area contributed by atoms with Crippen molar-refractivity contribution in [3.63, 3.8) is 0 Å². The Morgan fingerprint density at radius 2 is 1.58 bits per heavy atom. The Morgan fingerprint density at radius 3 is 2.41 bits per heavy atom. The topological polar surface area (TPSA) is 38.9 Å². The fraction of sp³-hybridized carbons (Fsp3) is 0.437. The van der Waals surface area contributed by atoms with Gasteiger partial charge in [0.15, 0.2) is 0 Å². The molecule has 76 heavy (non-hydrogen) atoms. The largest absolute Gasteiger partial charge is 0.333 e. The smallest absolute Gasteiger partial charge is 0.0561 e. The molecule has 1 aliphatic heterocycles. The van der Waals surface area contributed by atoms with E-state index in [0.29, 0.717) is 59.2 Å². The number of pyridine rings is 2. The van der Waals surface area contributed by atoms with Crippen LogP contribution in [-0.4, -0.2) is 42.1 Å². The summed E-state index contributed by atoms with van der Waals surface area (Å²) in [6.07, 6.45) is 61.8. The Kier molecular flexibility index (Phi) is 11.1. The maximum atomic E-state index is 4.78. The zero-order chi connectivity index (χ0) is 50.1. The van der Waals surface area contributed by atoms with E-state index in [4.69, 9.17) is 9.97 Å². The van der Waals surface area contributed by atoms with Crippen LogP contribution in [0.4, 0.5) is 0 Å². The maximum Gasteiger partial charge on any atom is 0.0561 e. The molecule has 4 aromatic heterocycles. The molecule has 11 aliphatic rings. The number of benzene rings is 2. The number of nitrogens with zero attached hydrogens (tertiary/aromatic N) is 5. The molecule has 2 aromatic carbocycles.